The van der Waals surface area contributed by atoms with Gasteiger partial charge in [0.1, 0.15) is 5.82 Å². The molecule has 1 aliphatic heterocycles. The fourth-order valence-electron chi connectivity index (χ4n) is 3.53. The van der Waals surface area contributed by atoms with E-state index < -0.39 is 0 Å². The second kappa shape index (κ2) is 6.49. The van der Waals surface area contributed by atoms with Crippen LogP contribution >= 0.6 is 0 Å². The summed E-state index contributed by atoms with van der Waals surface area (Å²) in [7, 11) is 1.81. The molecule has 0 saturated carbocycles. The van der Waals surface area contributed by atoms with Gasteiger partial charge in [-0.3, -0.25) is 9.48 Å². The molecule has 134 valence electrons. The number of halogens is 1. The number of fused-ring (bicyclic) bond motifs is 1. The van der Waals surface area contributed by atoms with Gasteiger partial charge >= 0.3 is 0 Å². The number of carbonyl (C=O) groups is 1. The van der Waals surface area contributed by atoms with Crippen molar-refractivity contribution in [3.63, 3.8) is 0 Å². The van der Waals surface area contributed by atoms with Crippen LogP contribution in [0.2, 0.25) is 0 Å². The number of hydrogen-bond acceptors (Lipinski definition) is 4. The van der Waals surface area contributed by atoms with Crippen LogP contribution in [-0.4, -0.2) is 45.2 Å². The molecule has 7 heteroatoms. The average Bonchev–Trinajstić information content (AvgIpc) is 3.01. The van der Waals surface area contributed by atoms with Crippen LogP contribution in [0.3, 0.4) is 0 Å². The summed E-state index contributed by atoms with van der Waals surface area (Å²) in [6, 6.07) is 8.03. The van der Waals surface area contributed by atoms with E-state index in [0.717, 1.165) is 16.6 Å². The van der Waals surface area contributed by atoms with Gasteiger partial charge in [-0.1, -0.05) is 12.1 Å². The largest absolute Gasteiger partial charge is 0.329 e. The first-order valence-electron chi connectivity index (χ1n) is 8.61. The van der Waals surface area contributed by atoms with Crippen molar-refractivity contribution in [1.82, 2.24) is 25.0 Å². The van der Waals surface area contributed by atoms with Crippen LogP contribution in [0.15, 0.2) is 36.5 Å². The van der Waals surface area contributed by atoms with Crippen LogP contribution in [0, 0.1) is 12.7 Å². The lowest BCUT2D eigenvalue weighted by Crippen LogP contribution is -2.48. The minimum atomic E-state index is -0.296. The highest BCUT2D eigenvalue weighted by molar-refractivity contribution is 6.05. The Labute approximate surface area is 150 Å². The van der Waals surface area contributed by atoms with Crippen LogP contribution in [0.25, 0.3) is 11.0 Å². The lowest BCUT2D eigenvalue weighted by molar-refractivity contribution is 0.0636. The van der Waals surface area contributed by atoms with E-state index in [2.05, 4.69) is 15.4 Å². The van der Waals surface area contributed by atoms with Crippen LogP contribution in [0.1, 0.15) is 27.7 Å². The molecule has 1 aromatic carbocycles. The third kappa shape index (κ3) is 2.84. The zero-order chi connectivity index (χ0) is 18.3. The smallest absolute Gasteiger partial charge is 0.255 e. The van der Waals surface area contributed by atoms with Gasteiger partial charge in [0.25, 0.3) is 5.91 Å². The quantitative estimate of drug-likeness (QED) is 0.767. The zero-order valence-corrected chi connectivity index (χ0v) is 14.7. The molecule has 1 fully saturated rings. The van der Waals surface area contributed by atoms with Crippen molar-refractivity contribution < 1.29 is 9.18 Å². The summed E-state index contributed by atoms with van der Waals surface area (Å²) in [5, 5.41) is 8.27. The van der Waals surface area contributed by atoms with Crippen LogP contribution in [0.4, 0.5) is 4.39 Å². The van der Waals surface area contributed by atoms with Gasteiger partial charge < -0.3 is 10.2 Å². The Hall–Kier alpha value is -2.80. The molecule has 0 radical (unpaired) electrons. The predicted octanol–water partition coefficient (Wildman–Crippen LogP) is 2.20. The maximum atomic E-state index is 13.7. The number of piperazine rings is 1. The van der Waals surface area contributed by atoms with Crippen LogP contribution in [0.5, 0.6) is 0 Å². The SMILES string of the molecule is Cc1cc(C(=O)N2CCNCC2c2cccc(F)c2)c2cnn(C)c2n1. The monoisotopic (exact) mass is 353 g/mol. The predicted molar refractivity (Wildman–Crippen MR) is 96.3 cm³/mol. The van der Waals surface area contributed by atoms with Gasteiger partial charge in [0.2, 0.25) is 0 Å². The number of nitrogens with one attached hydrogen (secondary N) is 1. The molecule has 6 nitrogen and oxygen atoms in total. The van der Waals surface area contributed by atoms with Crippen molar-refractivity contribution in [1.29, 1.82) is 0 Å². The minimum Gasteiger partial charge on any atom is -0.329 e. The van der Waals surface area contributed by atoms with E-state index in [1.54, 1.807) is 23.0 Å². The third-order valence-corrected chi connectivity index (χ3v) is 4.80. The van der Waals surface area contributed by atoms with Crippen molar-refractivity contribution in [2.24, 2.45) is 7.05 Å². The van der Waals surface area contributed by atoms with Crippen molar-refractivity contribution in [2.45, 2.75) is 13.0 Å². The Kier molecular flexibility index (Phi) is 4.16. The molecular formula is C19H20FN5O. The summed E-state index contributed by atoms with van der Waals surface area (Å²) < 4.78 is 15.4. The Morgan fingerprint density at radius 2 is 2.19 bits per heavy atom. The van der Waals surface area contributed by atoms with Crippen molar-refractivity contribution in [2.75, 3.05) is 19.6 Å². The van der Waals surface area contributed by atoms with Gasteiger partial charge in [-0.25, -0.2) is 9.37 Å². The molecule has 0 bridgehead atoms. The summed E-state index contributed by atoms with van der Waals surface area (Å²) in [6.45, 7) is 3.72. The van der Waals surface area contributed by atoms with E-state index in [0.29, 0.717) is 30.8 Å². The molecule has 1 saturated heterocycles. The zero-order valence-electron chi connectivity index (χ0n) is 14.7. The first-order valence-corrected chi connectivity index (χ1v) is 8.61. The number of hydrogen-bond donors (Lipinski definition) is 1. The number of aromatic nitrogens is 3. The number of aryl methyl sites for hydroxylation is 2. The summed E-state index contributed by atoms with van der Waals surface area (Å²) in [6.07, 6.45) is 1.67. The highest BCUT2D eigenvalue weighted by atomic mass is 19.1. The van der Waals surface area contributed by atoms with Crippen molar-refractivity contribution >= 4 is 16.9 Å². The number of benzene rings is 1. The van der Waals surface area contributed by atoms with E-state index in [4.69, 9.17) is 0 Å². The first kappa shape index (κ1) is 16.7. The Bertz CT molecular complexity index is 983. The molecule has 26 heavy (non-hydrogen) atoms. The van der Waals surface area contributed by atoms with Crippen molar-refractivity contribution in [3.8, 4) is 0 Å². The highest BCUT2D eigenvalue weighted by Crippen LogP contribution is 2.27. The molecule has 1 amide bonds. The van der Waals surface area contributed by atoms with E-state index in [1.165, 1.54) is 12.1 Å². The summed E-state index contributed by atoms with van der Waals surface area (Å²) in [5.41, 5.74) is 2.83. The molecule has 1 aliphatic rings. The number of carbonyl (C=O) groups excluding carboxylic acids is 1. The van der Waals surface area contributed by atoms with Crippen molar-refractivity contribution in [3.05, 3.63) is 59.2 Å². The lowest BCUT2D eigenvalue weighted by atomic mass is 10.0. The topological polar surface area (TPSA) is 63.1 Å². The Morgan fingerprint density at radius 3 is 3.00 bits per heavy atom. The van der Waals surface area contributed by atoms with Gasteiger partial charge in [-0.05, 0) is 30.7 Å². The normalized spacial score (nSPS) is 17.7. The summed E-state index contributed by atoms with van der Waals surface area (Å²) >= 11 is 0. The molecule has 3 heterocycles. The first-order chi connectivity index (χ1) is 12.5. The molecule has 1 N–H and O–H groups in total. The minimum absolute atomic E-state index is 0.0794. The van der Waals surface area contributed by atoms with Gasteiger partial charge in [-0.15, -0.1) is 0 Å². The van der Waals surface area contributed by atoms with E-state index in [9.17, 15) is 9.18 Å². The van der Waals surface area contributed by atoms with Crippen LogP contribution < -0.4 is 5.32 Å². The molecule has 3 aromatic rings. The second-order valence-electron chi connectivity index (χ2n) is 6.59. The maximum absolute atomic E-state index is 13.7. The Balaban J connectivity index is 1.77. The van der Waals surface area contributed by atoms with Gasteiger partial charge in [0.05, 0.1) is 23.2 Å². The van der Waals surface area contributed by atoms with Gasteiger partial charge in [0, 0.05) is 32.4 Å². The number of rotatable bonds is 2. The molecule has 4 rings (SSSR count). The number of amides is 1. The molecule has 1 atom stereocenters. The number of pyridine rings is 1. The highest BCUT2D eigenvalue weighted by Gasteiger charge is 2.30. The summed E-state index contributed by atoms with van der Waals surface area (Å²) in [5.74, 6) is -0.376. The van der Waals surface area contributed by atoms with E-state index in [1.807, 2.05) is 24.9 Å². The molecule has 1 unspecified atom stereocenters. The molecule has 0 spiro atoms. The maximum Gasteiger partial charge on any atom is 0.255 e. The lowest BCUT2D eigenvalue weighted by Gasteiger charge is -2.36. The van der Waals surface area contributed by atoms with Gasteiger partial charge in [-0.2, -0.15) is 5.10 Å². The van der Waals surface area contributed by atoms with E-state index >= 15 is 0 Å². The van der Waals surface area contributed by atoms with Crippen LogP contribution in [-0.2, 0) is 7.05 Å². The fourth-order valence-corrected chi connectivity index (χ4v) is 3.53. The second-order valence-corrected chi connectivity index (χ2v) is 6.59. The Morgan fingerprint density at radius 1 is 1.35 bits per heavy atom. The number of nitrogens with zero attached hydrogens (tertiary/aromatic N) is 4. The third-order valence-electron chi connectivity index (χ3n) is 4.80. The molecule has 0 aliphatic carbocycles. The molecular weight excluding hydrogens is 333 g/mol. The molecule has 2 aromatic heterocycles. The fraction of sp³-hybridized carbons (Fsp3) is 0.316. The van der Waals surface area contributed by atoms with E-state index in [-0.39, 0.29) is 17.8 Å². The average molecular weight is 353 g/mol. The summed E-state index contributed by atoms with van der Waals surface area (Å²) in [4.78, 5) is 19.7. The van der Waals surface area contributed by atoms with Gasteiger partial charge in [0.15, 0.2) is 5.65 Å². The standard InChI is InChI=1S/C19H20FN5O/c1-12-8-15(16-10-22-24(2)18(16)23-12)19(26)25-7-6-21-11-17(25)13-4-3-5-14(20)9-13/h3-5,8-10,17,21H,6-7,11H2,1-2H3.